The van der Waals surface area contributed by atoms with Crippen LogP contribution in [0.5, 0.6) is 0 Å². The van der Waals surface area contributed by atoms with E-state index in [1.807, 2.05) is 6.92 Å². The lowest BCUT2D eigenvalue weighted by Crippen LogP contribution is -2.37. The highest BCUT2D eigenvalue weighted by atomic mass is 32.2. The van der Waals surface area contributed by atoms with Gasteiger partial charge in [0.1, 0.15) is 0 Å². The Labute approximate surface area is 93.9 Å². The minimum atomic E-state index is -1.90. The van der Waals surface area contributed by atoms with Crippen LogP contribution in [0.25, 0.3) is 0 Å². The lowest BCUT2D eigenvalue weighted by molar-refractivity contribution is 0.0720. The van der Waals surface area contributed by atoms with E-state index in [1.54, 1.807) is 0 Å². The van der Waals surface area contributed by atoms with E-state index in [9.17, 15) is 13.9 Å². The summed E-state index contributed by atoms with van der Waals surface area (Å²) in [4.78, 5) is 2.28. The minimum Gasteiger partial charge on any atom is -0.772 e. The molecule has 0 saturated carbocycles. The van der Waals surface area contributed by atoms with Gasteiger partial charge in [0.25, 0.3) is 0 Å². The van der Waals surface area contributed by atoms with Crippen LogP contribution in [0.2, 0.25) is 0 Å². The Bertz CT molecular complexity index is 203. The molecule has 2 unspecified atom stereocenters. The summed E-state index contributed by atoms with van der Waals surface area (Å²) in [5.41, 5.74) is 0. The lowest BCUT2D eigenvalue weighted by atomic mass is 9.92. The molecule has 0 radical (unpaired) electrons. The summed E-state index contributed by atoms with van der Waals surface area (Å²) in [7, 11) is 0. The fourth-order valence-electron chi connectivity index (χ4n) is 2.06. The van der Waals surface area contributed by atoms with Crippen molar-refractivity contribution in [3.63, 3.8) is 0 Å². The molecular weight excluding hydrogens is 214 g/mol. The molecule has 0 amide bonds. The number of aliphatic hydroxyl groups is 1. The largest absolute Gasteiger partial charge is 0.772 e. The Morgan fingerprint density at radius 2 is 2.13 bits per heavy atom. The summed E-state index contributed by atoms with van der Waals surface area (Å²) < 4.78 is 20.7. The van der Waals surface area contributed by atoms with Gasteiger partial charge in [-0.05, 0) is 51.7 Å². The average molecular weight is 234 g/mol. The SMILES string of the molecule is CC(O)C1CCN(CCCS(=O)[O-])CC1. The number of hydrogen-bond donors (Lipinski definition) is 1. The van der Waals surface area contributed by atoms with Crippen LogP contribution in [0.3, 0.4) is 0 Å². The van der Waals surface area contributed by atoms with Gasteiger partial charge in [-0.15, -0.1) is 0 Å². The maximum Gasteiger partial charge on any atom is 0.0541 e. The first kappa shape index (κ1) is 13.1. The summed E-state index contributed by atoms with van der Waals surface area (Å²) >= 11 is -1.90. The van der Waals surface area contributed by atoms with Gasteiger partial charge < -0.3 is 14.6 Å². The van der Waals surface area contributed by atoms with E-state index in [0.29, 0.717) is 5.92 Å². The molecule has 0 spiro atoms. The zero-order valence-electron chi connectivity index (χ0n) is 9.22. The first-order chi connectivity index (χ1) is 7.09. The Hall–Kier alpha value is 0.0300. The third-order valence-electron chi connectivity index (χ3n) is 3.10. The van der Waals surface area contributed by atoms with Crippen molar-refractivity contribution in [2.24, 2.45) is 5.92 Å². The van der Waals surface area contributed by atoms with Crippen molar-refractivity contribution < 1.29 is 13.9 Å². The molecule has 0 bridgehead atoms. The van der Waals surface area contributed by atoms with Crippen molar-refractivity contribution in [1.29, 1.82) is 0 Å². The quantitative estimate of drug-likeness (QED) is 0.697. The molecule has 1 N–H and O–H groups in total. The molecule has 1 fully saturated rings. The van der Waals surface area contributed by atoms with Crippen LogP contribution in [-0.4, -0.2) is 50.3 Å². The summed E-state index contributed by atoms with van der Waals surface area (Å²) in [6, 6.07) is 0. The van der Waals surface area contributed by atoms with Gasteiger partial charge in [-0.2, -0.15) is 0 Å². The lowest BCUT2D eigenvalue weighted by Gasteiger charge is -2.33. The fraction of sp³-hybridized carbons (Fsp3) is 1.00. The van der Waals surface area contributed by atoms with E-state index in [-0.39, 0.29) is 11.9 Å². The van der Waals surface area contributed by atoms with Crippen molar-refractivity contribution in [2.75, 3.05) is 25.4 Å². The van der Waals surface area contributed by atoms with Gasteiger partial charge in [-0.1, -0.05) is 11.1 Å². The van der Waals surface area contributed by atoms with Crippen molar-refractivity contribution in [2.45, 2.75) is 32.3 Å². The van der Waals surface area contributed by atoms with Gasteiger partial charge in [-0.25, -0.2) is 0 Å². The van der Waals surface area contributed by atoms with Crippen LogP contribution >= 0.6 is 0 Å². The Morgan fingerprint density at radius 1 is 1.53 bits per heavy atom. The van der Waals surface area contributed by atoms with E-state index in [4.69, 9.17) is 0 Å². The Balaban J connectivity index is 2.12. The second-order valence-corrected chi connectivity index (χ2v) is 5.30. The molecule has 1 rings (SSSR count). The Kier molecular flexibility index (Phi) is 5.74. The van der Waals surface area contributed by atoms with E-state index in [1.165, 1.54) is 0 Å². The van der Waals surface area contributed by atoms with Crippen LogP contribution in [0, 0.1) is 5.92 Å². The van der Waals surface area contributed by atoms with Gasteiger partial charge in [0.2, 0.25) is 0 Å². The maximum absolute atomic E-state index is 10.3. The van der Waals surface area contributed by atoms with Gasteiger partial charge in [-0.3, -0.25) is 4.21 Å². The van der Waals surface area contributed by atoms with E-state index in [2.05, 4.69) is 4.90 Å². The minimum absolute atomic E-state index is 0.207. The zero-order chi connectivity index (χ0) is 11.3. The van der Waals surface area contributed by atoms with Crippen molar-refractivity contribution in [3.05, 3.63) is 0 Å². The topological polar surface area (TPSA) is 63.6 Å². The Morgan fingerprint density at radius 3 is 2.60 bits per heavy atom. The number of piperidine rings is 1. The number of aliphatic hydroxyl groups excluding tert-OH is 1. The van der Waals surface area contributed by atoms with Gasteiger partial charge in [0.05, 0.1) is 6.10 Å². The summed E-state index contributed by atoms with van der Waals surface area (Å²) in [5.74, 6) is 0.686. The third kappa shape index (κ3) is 5.06. The van der Waals surface area contributed by atoms with Gasteiger partial charge in [0, 0.05) is 5.75 Å². The van der Waals surface area contributed by atoms with E-state index < -0.39 is 11.1 Å². The summed E-state index contributed by atoms with van der Waals surface area (Å²) in [5, 5.41) is 9.41. The first-order valence-electron chi connectivity index (χ1n) is 5.56. The van der Waals surface area contributed by atoms with Crippen LogP contribution < -0.4 is 0 Å². The molecule has 2 atom stereocenters. The fourth-order valence-corrected chi connectivity index (χ4v) is 2.43. The third-order valence-corrected chi connectivity index (χ3v) is 3.72. The van der Waals surface area contributed by atoms with Crippen LogP contribution in [0.1, 0.15) is 26.2 Å². The molecule has 1 heterocycles. The van der Waals surface area contributed by atoms with Crippen molar-refractivity contribution >= 4 is 11.1 Å². The molecule has 5 heteroatoms. The number of likely N-dealkylation sites (tertiary alicyclic amines) is 1. The molecular formula is C10H20NO3S-. The summed E-state index contributed by atoms with van der Waals surface area (Å²) in [6.45, 7) is 4.68. The molecule has 1 aliphatic heterocycles. The molecule has 0 aromatic rings. The van der Waals surface area contributed by atoms with E-state index in [0.717, 1.165) is 38.9 Å². The zero-order valence-corrected chi connectivity index (χ0v) is 10.0. The van der Waals surface area contributed by atoms with Crippen molar-refractivity contribution in [3.8, 4) is 0 Å². The highest BCUT2D eigenvalue weighted by Gasteiger charge is 2.21. The first-order valence-corrected chi connectivity index (χ1v) is 6.80. The van der Waals surface area contributed by atoms with Crippen LogP contribution in [0.15, 0.2) is 0 Å². The highest BCUT2D eigenvalue weighted by Crippen LogP contribution is 2.20. The van der Waals surface area contributed by atoms with Gasteiger partial charge >= 0.3 is 0 Å². The maximum atomic E-state index is 10.3. The normalized spacial score (nSPS) is 23.9. The molecule has 0 aromatic carbocycles. The molecule has 90 valence electrons. The van der Waals surface area contributed by atoms with E-state index >= 15 is 0 Å². The number of rotatable bonds is 5. The average Bonchev–Trinajstić information content (AvgIpc) is 2.18. The van der Waals surface area contributed by atoms with Crippen LogP contribution in [0.4, 0.5) is 0 Å². The van der Waals surface area contributed by atoms with Crippen molar-refractivity contribution in [1.82, 2.24) is 4.90 Å². The molecule has 0 aliphatic carbocycles. The standard InChI is InChI=1S/C10H21NO3S/c1-9(12)10-3-6-11(7-4-10)5-2-8-15(13)14/h9-10,12H,2-8H2,1H3,(H,13,14)/p-1. The highest BCUT2D eigenvalue weighted by molar-refractivity contribution is 7.79. The second-order valence-electron chi connectivity index (χ2n) is 4.28. The molecule has 1 aliphatic rings. The second kappa shape index (κ2) is 6.58. The van der Waals surface area contributed by atoms with Gasteiger partial charge in [0.15, 0.2) is 0 Å². The monoisotopic (exact) mass is 234 g/mol. The molecule has 4 nitrogen and oxygen atoms in total. The molecule has 0 aromatic heterocycles. The smallest absolute Gasteiger partial charge is 0.0541 e. The molecule has 1 saturated heterocycles. The van der Waals surface area contributed by atoms with Crippen LogP contribution in [-0.2, 0) is 11.1 Å². The summed E-state index contributed by atoms with van der Waals surface area (Å²) in [6.07, 6.45) is 2.56. The predicted molar refractivity (Wildman–Crippen MR) is 59.2 cm³/mol. The number of nitrogens with zero attached hydrogens (tertiary/aromatic N) is 1. The predicted octanol–water partition coefficient (Wildman–Crippen LogP) is 0.348. The number of hydrogen-bond acceptors (Lipinski definition) is 4. The molecule has 15 heavy (non-hydrogen) atoms.